The van der Waals surface area contributed by atoms with Crippen molar-refractivity contribution in [1.29, 1.82) is 0 Å². The molecule has 3 saturated heterocycles. The molecule has 0 aliphatic carbocycles. The summed E-state index contributed by atoms with van der Waals surface area (Å²) in [6, 6.07) is -1.80. The standard InChI is InChI=1S/C45H83N3O14S/c1-17-34(51)45(12,56)38(52)28(6)47(15)21-24(2)19-43(10,55)40(27(5)36(25(3)22-49)60-35-20-44(11,57-16)39(53)29(7)59-35)62-42-37(32(46(13)14)18-26(4)58-42)61-41(54)33-23-63-31(9)48(33)30(8)50/h22,24-29,31-40,42,51-53,55-56H,17-21,23H2,1-16H3/t24-,25+,26-,27+,28-,29+,31?,32+,33?,34-,35+,36-,37-,38-,39+,40-,42+,43-,44-,45+/m1/s1. The Kier molecular flexibility index (Phi) is 20.4. The number of hydrogen-bond donors (Lipinski definition) is 5. The molecule has 3 heterocycles. The maximum Gasteiger partial charge on any atom is 0.330 e. The number of likely N-dealkylation sites (N-methyl/N-ethyl adjacent to an activating group) is 2. The van der Waals surface area contributed by atoms with Gasteiger partial charge in [-0.05, 0) is 94.8 Å². The van der Waals surface area contributed by atoms with Crippen molar-refractivity contribution in [2.45, 2.75) is 210 Å². The predicted octanol–water partition coefficient (Wildman–Crippen LogP) is 2.40. The number of rotatable bonds is 22. The van der Waals surface area contributed by atoms with Crippen LogP contribution < -0.4 is 0 Å². The Morgan fingerprint density at radius 1 is 1.05 bits per heavy atom. The molecule has 0 aromatic rings. The molecule has 0 bridgehead atoms. The fourth-order valence-electron chi connectivity index (χ4n) is 9.89. The Labute approximate surface area is 380 Å². The maximum atomic E-state index is 14.1. The van der Waals surface area contributed by atoms with E-state index in [0.29, 0.717) is 18.7 Å². The minimum absolute atomic E-state index is 0.130. The van der Waals surface area contributed by atoms with E-state index in [1.165, 1.54) is 37.6 Å². The molecular formula is C45H83N3O14S. The largest absolute Gasteiger partial charge is 0.454 e. The first-order chi connectivity index (χ1) is 29.1. The third-order valence-electron chi connectivity index (χ3n) is 13.9. The topological polar surface area (TPSA) is 217 Å². The highest BCUT2D eigenvalue weighted by Gasteiger charge is 2.52. The van der Waals surface area contributed by atoms with Crippen LogP contribution in [0.4, 0.5) is 0 Å². The number of carbonyl (C=O) groups is 3. The van der Waals surface area contributed by atoms with Gasteiger partial charge >= 0.3 is 5.97 Å². The lowest BCUT2D eigenvalue weighted by molar-refractivity contribution is -0.318. The van der Waals surface area contributed by atoms with Crippen molar-refractivity contribution in [3.8, 4) is 0 Å². The second-order valence-corrected chi connectivity index (χ2v) is 21.1. The van der Waals surface area contributed by atoms with E-state index in [0.717, 1.165) is 6.29 Å². The van der Waals surface area contributed by atoms with Gasteiger partial charge in [0.1, 0.15) is 30.1 Å². The highest BCUT2D eigenvalue weighted by molar-refractivity contribution is 8.00. The van der Waals surface area contributed by atoms with E-state index >= 15 is 0 Å². The number of hydrogen-bond acceptors (Lipinski definition) is 17. The van der Waals surface area contributed by atoms with Gasteiger partial charge in [-0.2, -0.15) is 0 Å². The van der Waals surface area contributed by atoms with Crippen LogP contribution in [0.3, 0.4) is 0 Å². The first-order valence-corrected chi connectivity index (χ1v) is 23.7. The number of aliphatic hydroxyl groups is 5. The van der Waals surface area contributed by atoms with E-state index in [1.807, 2.05) is 51.6 Å². The molecule has 0 radical (unpaired) electrons. The van der Waals surface area contributed by atoms with Crippen molar-refractivity contribution in [2.24, 2.45) is 17.8 Å². The predicted molar refractivity (Wildman–Crippen MR) is 238 cm³/mol. The van der Waals surface area contributed by atoms with Crippen molar-refractivity contribution in [2.75, 3.05) is 40.6 Å². The Balaban J connectivity index is 2.08. The molecule has 3 fully saturated rings. The molecule has 18 heteroatoms. The summed E-state index contributed by atoms with van der Waals surface area (Å²) in [7, 11) is 7.04. The summed E-state index contributed by atoms with van der Waals surface area (Å²) in [4.78, 5) is 44.8. The molecule has 0 spiro atoms. The summed E-state index contributed by atoms with van der Waals surface area (Å²) in [5, 5.41) is 56.2. The molecule has 5 N–H and O–H groups in total. The fraction of sp³-hybridized carbons (Fsp3) is 0.933. The normalized spacial score (nSPS) is 35.2. The van der Waals surface area contributed by atoms with E-state index in [1.54, 1.807) is 48.6 Å². The maximum absolute atomic E-state index is 14.1. The summed E-state index contributed by atoms with van der Waals surface area (Å²) in [6.45, 7) is 21.0. The van der Waals surface area contributed by atoms with Crippen LogP contribution >= 0.6 is 11.8 Å². The average Bonchev–Trinajstić information content (AvgIpc) is 3.61. The quantitative estimate of drug-likeness (QED) is 0.0778. The van der Waals surface area contributed by atoms with Gasteiger partial charge in [-0.15, -0.1) is 11.8 Å². The first-order valence-electron chi connectivity index (χ1n) is 22.7. The van der Waals surface area contributed by atoms with Crippen LogP contribution in [0.2, 0.25) is 0 Å². The van der Waals surface area contributed by atoms with Crippen molar-refractivity contribution in [3.63, 3.8) is 0 Å². The minimum Gasteiger partial charge on any atom is -0.454 e. The zero-order valence-corrected chi connectivity index (χ0v) is 41.6. The van der Waals surface area contributed by atoms with Crippen LogP contribution in [0.1, 0.15) is 109 Å². The van der Waals surface area contributed by atoms with Gasteiger partial charge in [-0.25, -0.2) is 4.79 Å². The monoisotopic (exact) mass is 922 g/mol. The molecule has 1 amide bonds. The molecule has 0 saturated carbocycles. The highest BCUT2D eigenvalue weighted by atomic mass is 32.2. The van der Waals surface area contributed by atoms with E-state index in [4.69, 9.17) is 28.4 Å². The minimum atomic E-state index is -1.77. The third-order valence-corrected chi connectivity index (χ3v) is 15.2. The van der Waals surface area contributed by atoms with Gasteiger partial charge in [-0.3, -0.25) is 4.79 Å². The summed E-state index contributed by atoms with van der Waals surface area (Å²) >= 11 is 1.48. The number of carbonyl (C=O) groups excluding carboxylic acids is 3. The highest BCUT2D eigenvalue weighted by Crippen LogP contribution is 2.40. The third kappa shape index (κ3) is 13.3. The van der Waals surface area contributed by atoms with Gasteiger partial charge < -0.3 is 73.4 Å². The van der Waals surface area contributed by atoms with Gasteiger partial charge in [0, 0.05) is 50.6 Å². The van der Waals surface area contributed by atoms with Crippen molar-refractivity contribution < 1.29 is 68.3 Å². The number of esters is 1. The summed E-state index contributed by atoms with van der Waals surface area (Å²) < 4.78 is 38.4. The Bertz CT molecular complexity index is 1480. The second kappa shape index (κ2) is 23.0. The van der Waals surface area contributed by atoms with Gasteiger partial charge in [0.25, 0.3) is 0 Å². The zero-order chi connectivity index (χ0) is 48.1. The summed E-state index contributed by atoms with van der Waals surface area (Å²) in [5.74, 6) is -2.24. The molecule has 0 aromatic heterocycles. The lowest BCUT2D eigenvalue weighted by Gasteiger charge is -2.49. The molecular weight excluding hydrogens is 839 g/mol. The molecule has 3 rings (SSSR count). The van der Waals surface area contributed by atoms with Gasteiger partial charge in [0.2, 0.25) is 5.91 Å². The number of nitrogens with zero attached hydrogens (tertiary/aromatic N) is 3. The van der Waals surface area contributed by atoms with E-state index in [9.17, 15) is 39.9 Å². The second-order valence-electron chi connectivity index (χ2n) is 19.7. The Morgan fingerprint density at radius 3 is 2.21 bits per heavy atom. The van der Waals surface area contributed by atoms with E-state index < -0.39 is 102 Å². The number of aliphatic hydroxyl groups excluding tert-OH is 3. The first kappa shape index (κ1) is 55.8. The van der Waals surface area contributed by atoms with Gasteiger partial charge in [-0.1, -0.05) is 27.7 Å². The molecule has 2 unspecified atom stereocenters. The number of aldehydes is 1. The molecule has 3 aliphatic heterocycles. The van der Waals surface area contributed by atoms with E-state index in [-0.39, 0.29) is 48.6 Å². The lowest BCUT2D eigenvalue weighted by Crippen LogP contribution is -2.61. The van der Waals surface area contributed by atoms with Gasteiger partial charge in [0.05, 0.1) is 53.1 Å². The average molecular weight is 922 g/mol. The molecule has 20 atom stereocenters. The molecule has 17 nitrogen and oxygen atoms in total. The van der Waals surface area contributed by atoms with Crippen LogP contribution in [0.5, 0.6) is 0 Å². The fourth-order valence-corrected chi connectivity index (χ4v) is 11.1. The molecule has 368 valence electrons. The van der Waals surface area contributed by atoms with Crippen LogP contribution in [-0.4, -0.2) is 201 Å². The van der Waals surface area contributed by atoms with E-state index in [2.05, 4.69) is 0 Å². The molecule has 0 aromatic carbocycles. The summed E-state index contributed by atoms with van der Waals surface area (Å²) in [5.41, 5.74) is -4.47. The summed E-state index contributed by atoms with van der Waals surface area (Å²) in [6.07, 6.45) is -7.84. The number of thioether (sulfide) groups is 1. The number of methoxy groups -OCH3 is 1. The Hall–Kier alpha value is -1.52. The SMILES string of the molecule is CC[C@@H](O)[C@](C)(O)[C@H](O)[C@@H](C)N(C)C[C@H](C)C[C@@](C)(O)[C@H](O[C@@H]1O[C@H](C)C[C@H](N(C)C)[C@H]1OC(=O)C1CSC(C)N1C(C)=O)[C@@H](C)[C@H](O[C@H]1C[C@@](C)(OC)[C@@H](O)[C@H](C)O1)[C@@H](C)C=O. The van der Waals surface area contributed by atoms with Gasteiger partial charge in [0.15, 0.2) is 18.7 Å². The number of amides is 1. The molecule has 63 heavy (non-hydrogen) atoms. The van der Waals surface area contributed by atoms with Crippen LogP contribution in [-0.2, 0) is 42.8 Å². The lowest BCUT2D eigenvalue weighted by atomic mass is 9.78. The van der Waals surface area contributed by atoms with Crippen LogP contribution in [0, 0.1) is 17.8 Å². The zero-order valence-electron chi connectivity index (χ0n) is 40.8. The van der Waals surface area contributed by atoms with Crippen molar-refractivity contribution in [3.05, 3.63) is 0 Å². The Morgan fingerprint density at radius 2 is 1.67 bits per heavy atom. The van der Waals surface area contributed by atoms with Crippen LogP contribution in [0.15, 0.2) is 0 Å². The smallest absolute Gasteiger partial charge is 0.330 e. The van der Waals surface area contributed by atoms with Crippen LogP contribution in [0.25, 0.3) is 0 Å². The molecule has 3 aliphatic rings. The van der Waals surface area contributed by atoms with Crippen molar-refractivity contribution in [1.82, 2.24) is 14.7 Å². The van der Waals surface area contributed by atoms with Crippen molar-refractivity contribution >= 4 is 29.9 Å². The number of ether oxygens (including phenoxy) is 6.